The second kappa shape index (κ2) is 8.18. The average Bonchev–Trinajstić information content (AvgIpc) is 2.54. The molecule has 1 aromatic rings. The van der Waals surface area contributed by atoms with Crippen molar-refractivity contribution in [1.82, 2.24) is 5.32 Å². The lowest BCUT2D eigenvalue weighted by Gasteiger charge is -2.28. The van der Waals surface area contributed by atoms with Crippen LogP contribution in [0.3, 0.4) is 0 Å². The number of carbonyl (C=O) groups excluding carboxylic acids is 1. The molecule has 1 saturated carbocycles. The number of hydrogen-bond donors (Lipinski definition) is 2. The van der Waals surface area contributed by atoms with Gasteiger partial charge in [0.2, 0.25) is 0 Å². The molecule has 0 spiro atoms. The number of aliphatic hydroxyl groups excluding tert-OH is 1. The van der Waals surface area contributed by atoms with Crippen molar-refractivity contribution in [3.05, 3.63) is 29.8 Å². The summed E-state index contributed by atoms with van der Waals surface area (Å²) in [7, 11) is 0. The van der Waals surface area contributed by atoms with Crippen molar-refractivity contribution in [2.45, 2.75) is 64.0 Å². The number of benzene rings is 1. The van der Waals surface area contributed by atoms with E-state index in [-0.39, 0.29) is 18.6 Å². The molecule has 0 radical (unpaired) electrons. The summed E-state index contributed by atoms with van der Waals surface area (Å²) in [5.74, 6) is 1.01. The quantitative estimate of drug-likeness (QED) is 0.849. The van der Waals surface area contributed by atoms with E-state index in [2.05, 4.69) is 19.2 Å². The lowest BCUT2D eigenvalue weighted by molar-refractivity contribution is -0.125. The van der Waals surface area contributed by atoms with E-state index in [0.717, 1.165) is 43.4 Å². The van der Waals surface area contributed by atoms with E-state index in [1.807, 2.05) is 24.3 Å². The van der Waals surface area contributed by atoms with Crippen molar-refractivity contribution in [2.24, 2.45) is 0 Å². The monoisotopic (exact) mass is 305 g/mol. The molecule has 0 aromatic heterocycles. The molecule has 122 valence electrons. The maximum absolute atomic E-state index is 12.0. The van der Waals surface area contributed by atoms with Crippen molar-refractivity contribution >= 4 is 5.91 Å². The number of amides is 1. The van der Waals surface area contributed by atoms with Gasteiger partial charge in [-0.15, -0.1) is 0 Å². The minimum absolute atomic E-state index is 0.00331. The van der Waals surface area contributed by atoms with E-state index in [9.17, 15) is 9.90 Å². The SMILES string of the molecule is CCC(C)c1ccccc1OCC(=O)NC1CCCCC1O. The van der Waals surface area contributed by atoms with Crippen molar-refractivity contribution in [3.8, 4) is 5.75 Å². The number of para-hydroxylation sites is 1. The van der Waals surface area contributed by atoms with Gasteiger partial charge in [-0.25, -0.2) is 0 Å². The summed E-state index contributed by atoms with van der Waals surface area (Å²) in [6, 6.07) is 7.74. The van der Waals surface area contributed by atoms with E-state index >= 15 is 0 Å². The second-order valence-electron chi connectivity index (χ2n) is 6.16. The molecule has 4 nitrogen and oxygen atoms in total. The molecule has 3 atom stereocenters. The Morgan fingerprint density at radius 2 is 2.09 bits per heavy atom. The van der Waals surface area contributed by atoms with Crippen LogP contribution < -0.4 is 10.1 Å². The van der Waals surface area contributed by atoms with E-state index in [4.69, 9.17) is 4.74 Å². The van der Waals surface area contributed by atoms with Crippen LogP contribution in [0.4, 0.5) is 0 Å². The summed E-state index contributed by atoms with van der Waals surface area (Å²) < 4.78 is 5.71. The molecule has 22 heavy (non-hydrogen) atoms. The number of rotatable bonds is 6. The van der Waals surface area contributed by atoms with Gasteiger partial charge in [-0.05, 0) is 36.8 Å². The molecule has 1 aromatic carbocycles. The fourth-order valence-corrected chi connectivity index (χ4v) is 2.91. The van der Waals surface area contributed by atoms with Crippen LogP contribution >= 0.6 is 0 Å². The van der Waals surface area contributed by atoms with Crippen molar-refractivity contribution in [3.63, 3.8) is 0 Å². The molecule has 0 bridgehead atoms. The van der Waals surface area contributed by atoms with Crippen molar-refractivity contribution in [2.75, 3.05) is 6.61 Å². The normalized spacial score (nSPS) is 22.9. The molecule has 2 N–H and O–H groups in total. The average molecular weight is 305 g/mol. The number of carbonyl (C=O) groups is 1. The minimum atomic E-state index is -0.426. The van der Waals surface area contributed by atoms with Crippen LogP contribution in [-0.2, 0) is 4.79 Å². The van der Waals surface area contributed by atoms with E-state index in [0.29, 0.717) is 5.92 Å². The summed E-state index contributed by atoms with van der Waals surface area (Å²) >= 11 is 0. The second-order valence-corrected chi connectivity index (χ2v) is 6.16. The Labute approximate surface area is 132 Å². The van der Waals surface area contributed by atoms with Gasteiger partial charge in [-0.3, -0.25) is 4.79 Å². The highest BCUT2D eigenvalue weighted by Gasteiger charge is 2.24. The molecule has 0 aliphatic heterocycles. The fourth-order valence-electron chi connectivity index (χ4n) is 2.91. The van der Waals surface area contributed by atoms with Gasteiger partial charge in [0, 0.05) is 0 Å². The summed E-state index contributed by atoms with van der Waals surface area (Å²) in [6.07, 6.45) is 4.30. The first-order chi connectivity index (χ1) is 10.6. The van der Waals surface area contributed by atoms with Gasteiger partial charge < -0.3 is 15.2 Å². The van der Waals surface area contributed by atoms with Gasteiger partial charge in [-0.1, -0.05) is 44.9 Å². The Morgan fingerprint density at radius 3 is 2.82 bits per heavy atom. The van der Waals surface area contributed by atoms with Crippen LogP contribution in [0, 0.1) is 0 Å². The van der Waals surface area contributed by atoms with Crippen molar-refractivity contribution in [1.29, 1.82) is 0 Å². The van der Waals surface area contributed by atoms with E-state index in [1.165, 1.54) is 0 Å². The van der Waals surface area contributed by atoms with Gasteiger partial charge in [0.1, 0.15) is 5.75 Å². The Hall–Kier alpha value is -1.55. The molecule has 3 unspecified atom stereocenters. The Morgan fingerprint density at radius 1 is 1.36 bits per heavy atom. The number of aliphatic hydroxyl groups is 1. The molecule has 1 aliphatic carbocycles. The van der Waals surface area contributed by atoms with E-state index in [1.54, 1.807) is 0 Å². The highest BCUT2D eigenvalue weighted by atomic mass is 16.5. The fraction of sp³-hybridized carbons (Fsp3) is 0.611. The van der Waals surface area contributed by atoms with E-state index < -0.39 is 6.10 Å². The van der Waals surface area contributed by atoms with Crippen LogP contribution in [-0.4, -0.2) is 29.8 Å². The predicted octanol–water partition coefficient (Wildman–Crippen LogP) is 3.00. The van der Waals surface area contributed by atoms with Crippen LogP contribution in [0.25, 0.3) is 0 Å². The third-order valence-corrected chi connectivity index (χ3v) is 4.50. The largest absolute Gasteiger partial charge is 0.483 e. The van der Waals surface area contributed by atoms with Crippen LogP contribution in [0.2, 0.25) is 0 Å². The molecule has 1 fully saturated rings. The number of nitrogens with one attached hydrogen (secondary N) is 1. The summed E-state index contributed by atoms with van der Waals surface area (Å²) in [5.41, 5.74) is 1.13. The van der Waals surface area contributed by atoms with Gasteiger partial charge in [0.25, 0.3) is 5.91 Å². The summed E-state index contributed by atoms with van der Waals surface area (Å²) in [5, 5.41) is 12.8. The van der Waals surface area contributed by atoms with Crippen LogP contribution in [0.5, 0.6) is 5.75 Å². The number of ether oxygens (including phenoxy) is 1. The smallest absolute Gasteiger partial charge is 0.258 e. The van der Waals surface area contributed by atoms with Crippen LogP contribution in [0.1, 0.15) is 57.4 Å². The molecule has 0 saturated heterocycles. The highest BCUT2D eigenvalue weighted by molar-refractivity contribution is 5.78. The standard InChI is InChI=1S/C18H27NO3/c1-3-13(2)14-8-4-7-11-17(14)22-12-18(21)19-15-9-5-6-10-16(15)20/h4,7-8,11,13,15-16,20H,3,5-6,9-10,12H2,1-2H3,(H,19,21). The molecule has 4 heteroatoms. The Kier molecular flexibility index (Phi) is 6.25. The molecule has 0 heterocycles. The zero-order valence-electron chi connectivity index (χ0n) is 13.5. The zero-order chi connectivity index (χ0) is 15.9. The summed E-state index contributed by atoms with van der Waals surface area (Å²) in [4.78, 5) is 12.0. The molecular formula is C18H27NO3. The third kappa shape index (κ3) is 4.47. The lowest BCUT2D eigenvalue weighted by Crippen LogP contribution is -2.46. The van der Waals surface area contributed by atoms with Crippen LogP contribution in [0.15, 0.2) is 24.3 Å². The highest BCUT2D eigenvalue weighted by Crippen LogP contribution is 2.28. The van der Waals surface area contributed by atoms with Gasteiger partial charge >= 0.3 is 0 Å². The molecular weight excluding hydrogens is 278 g/mol. The maximum atomic E-state index is 12.0. The van der Waals surface area contributed by atoms with Crippen molar-refractivity contribution < 1.29 is 14.6 Å². The van der Waals surface area contributed by atoms with Gasteiger partial charge in [0.05, 0.1) is 12.1 Å². The topological polar surface area (TPSA) is 58.6 Å². The molecule has 1 amide bonds. The van der Waals surface area contributed by atoms with Gasteiger partial charge in [-0.2, -0.15) is 0 Å². The first-order valence-corrected chi connectivity index (χ1v) is 8.31. The molecule has 2 rings (SSSR count). The Balaban J connectivity index is 1.88. The lowest BCUT2D eigenvalue weighted by atomic mass is 9.92. The summed E-state index contributed by atoms with van der Waals surface area (Å²) in [6.45, 7) is 4.29. The number of hydrogen-bond acceptors (Lipinski definition) is 3. The predicted molar refractivity (Wildman–Crippen MR) is 87.0 cm³/mol. The Bertz CT molecular complexity index is 489. The first-order valence-electron chi connectivity index (χ1n) is 8.31. The maximum Gasteiger partial charge on any atom is 0.258 e. The minimum Gasteiger partial charge on any atom is -0.483 e. The van der Waals surface area contributed by atoms with Gasteiger partial charge in [0.15, 0.2) is 6.61 Å². The zero-order valence-corrected chi connectivity index (χ0v) is 13.5. The molecule has 1 aliphatic rings. The third-order valence-electron chi connectivity index (χ3n) is 4.50. The first kappa shape index (κ1) is 16.8.